The molecule has 12 heteroatoms. The van der Waals surface area contributed by atoms with Crippen molar-refractivity contribution < 1.29 is 8.78 Å². The molecule has 0 aliphatic rings. The molecule has 0 amide bonds. The number of hydrogen-bond acceptors (Lipinski definition) is 8. The van der Waals surface area contributed by atoms with Crippen LogP contribution in [0.3, 0.4) is 0 Å². The fourth-order valence-electron chi connectivity index (χ4n) is 2.21. The Morgan fingerprint density at radius 3 is 2.54 bits per heavy atom. The molecule has 0 aliphatic heterocycles. The van der Waals surface area contributed by atoms with Gasteiger partial charge in [0.25, 0.3) is 11.3 Å². The molecule has 0 spiro atoms. The second-order valence-electron chi connectivity index (χ2n) is 5.56. The average Bonchev–Trinajstić information content (AvgIpc) is 3.10. The van der Waals surface area contributed by atoms with Gasteiger partial charge in [0.2, 0.25) is 5.13 Å². The lowest BCUT2D eigenvalue weighted by atomic mass is 10.3. The van der Waals surface area contributed by atoms with Gasteiger partial charge >= 0.3 is 5.69 Å². The van der Waals surface area contributed by atoms with E-state index in [1.807, 2.05) is 0 Å². The van der Waals surface area contributed by atoms with E-state index in [1.54, 1.807) is 31.3 Å². The Morgan fingerprint density at radius 1 is 1.14 bits per heavy atom. The fourth-order valence-corrected chi connectivity index (χ4v) is 4.51. The van der Waals surface area contributed by atoms with Crippen LogP contribution in [0, 0.1) is 0 Å². The number of benzene rings is 1. The normalized spacial score (nSPS) is 11.2. The molecular weight excluding hydrogens is 428 g/mol. The second kappa shape index (κ2) is 8.88. The summed E-state index contributed by atoms with van der Waals surface area (Å²) in [5.74, 6) is -2.05. The number of rotatable bonds is 7. The molecule has 0 radical (unpaired) electrons. The van der Waals surface area contributed by atoms with Gasteiger partial charge in [-0.05, 0) is 24.3 Å². The van der Waals surface area contributed by atoms with Crippen molar-refractivity contribution in [2.45, 2.75) is 20.7 Å². The van der Waals surface area contributed by atoms with E-state index in [-0.39, 0.29) is 11.2 Å². The number of alkyl halides is 2. The van der Waals surface area contributed by atoms with Crippen molar-refractivity contribution in [1.82, 2.24) is 19.3 Å². The van der Waals surface area contributed by atoms with Crippen molar-refractivity contribution in [1.29, 1.82) is 0 Å². The van der Waals surface area contributed by atoms with Crippen LogP contribution in [-0.2, 0) is 19.8 Å². The van der Waals surface area contributed by atoms with Crippen molar-refractivity contribution >= 4 is 45.7 Å². The SMILES string of the molecule is Cn1c(CSc2nnc(Nc3ccc(SC(F)F)cc3)s2)cc(=O)n(C)c1=O. The monoisotopic (exact) mass is 443 g/mol. The first kappa shape index (κ1) is 20.6. The van der Waals surface area contributed by atoms with E-state index in [9.17, 15) is 18.4 Å². The predicted molar refractivity (Wildman–Crippen MR) is 108 cm³/mol. The third-order valence-electron chi connectivity index (χ3n) is 3.71. The van der Waals surface area contributed by atoms with E-state index in [2.05, 4.69) is 15.5 Å². The predicted octanol–water partition coefficient (Wildman–Crippen LogP) is 3.29. The maximum Gasteiger partial charge on any atom is 0.330 e. The molecule has 0 saturated heterocycles. The third kappa shape index (κ3) is 5.00. The van der Waals surface area contributed by atoms with Gasteiger partial charge in [0.15, 0.2) is 4.34 Å². The van der Waals surface area contributed by atoms with Crippen LogP contribution >= 0.6 is 34.9 Å². The molecule has 0 atom stereocenters. The summed E-state index contributed by atoms with van der Waals surface area (Å²) < 4.78 is 27.8. The Morgan fingerprint density at radius 2 is 1.86 bits per heavy atom. The zero-order valence-corrected chi connectivity index (χ0v) is 17.2. The number of thioether (sulfide) groups is 2. The van der Waals surface area contributed by atoms with Crippen LogP contribution in [0.1, 0.15) is 5.69 Å². The lowest BCUT2D eigenvalue weighted by Gasteiger charge is -2.07. The summed E-state index contributed by atoms with van der Waals surface area (Å²) in [6.45, 7) is 0. The molecule has 7 nitrogen and oxygen atoms in total. The zero-order valence-electron chi connectivity index (χ0n) is 14.8. The van der Waals surface area contributed by atoms with Crippen molar-refractivity contribution in [3.63, 3.8) is 0 Å². The highest BCUT2D eigenvalue weighted by Crippen LogP contribution is 2.31. The molecular formula is C16H15F2N5O2S3. The minimum absolute atomic E-state index is 0.355. The highest BCUT2D eigenvalue weighted by Gasteiger charge is 2.10. The van der Waals surface area contributed by atoms with Crippen LogP contribution in [0.25, 0.3) is 0 Å². The topological polar surface area (TPSA) is 81.8 Å². The van der Waals surface area contributed by atoms with Crippen LogP contribution < -0.4 is 16.6 Å². The molecule has 2 heterocycles. The van der Waals surface area contributed by atoms with E-state index in [4.69, 9.17) is 0 Å². The lowest BCUT2D eigenvalue weighted by Crippen LogP contribution is -2.37. The van der Waals surface area contributed by atoms with Gasteiger partial charge in [0, 0.05) is 42.2 Å². The van der Waals surface area contributed by atoms with Crippen molar-refractivity contribution in [2.75, 3.05) is 5.32 Å². The summed E-state index contributed by atoms with van der Waals surface area (Å²) in [5, 5.41) is 11.7. The van der Waals surface area contributed by atoms with Gasteiger partial charge in [-0.1, -0.05) is 34.9 Å². The number of anilines is 2. The van der Waals surface area contributed by atoms with Crippen LogP contribution in [0.4, 0.5) is 19.6 Å². The van der Waals surface area contributed by atoms with Crippen molar-refractivity contribution in [3.8, 4) is 0 Å². The Hall–Kier alpha value is -2.18. The minimum atomic E-state index is -2.45. The van der Waals surface area contributed by atoms with Gasteiger partial charge in [-0.15, -0.1) is 10.2 Å². The lowest BCUT2D eigenvalue weighted by molar-refractivity contribution is 0.252. The smallest absolute Gasteiger partial charge is 0.330 e. The number of nitrogens with zero attached hydrogens (tertiary/aromatic N) is 4. The molecule has 0 unspecified atom stereocenters. The Balaban J connectivity index is 1.63. The summed E-state index contributed by atoms with van der Waals surface area (Å²) in [7, 11) is 3.05. The van der Waals surface area contributed by atoms with E-state index in [0.717, 1.165) is 4.57 Å². The number of halogens is 2. The molecule has 0 fully saturated rings. The quantitative estimate of drug-likeness (QED) is 0.561. The molecule has 0 bridgehead atoms. The first-order valence-electron chi connectivity index (χ1n) is 7.87. The van der Waals surface area contributed by atoms with Gasteiger partial charge < -0.3 is 5.32 Å². The highest BCUT2D eigenvalue weighted by atomic mass is 32.2. The largest absolute Gasteiger partial charge is 0.330 e. The van der Waals surface area contributed by atoms with E-state index < -0.39 is 5.76 Å². The Kier molecular flexibility index (Phi) is 6.52. The second-order valence-corrected chi connectivity index (χ2v) is 8.83. The van der Waals surface area contributed by atoms with Crippen LogP contribution in [-0.4, -0.2) is 25.1 Å². The van der Waals surface area contributed by atoms with Gasteiger partial charge in [-0.3, -0.25) is 13.9 Å². The summed E-state index contributed by atoms with van der Waals surface area (Å²) in [4.78, 5) is 24.2. The standard InChI is InChI=1S/C16H15F2N5O2S3/c1-22-10(7-12(24)23(2)16(22)25)8-26-15-21-20-14(28-15)19-9-3-5-11(6-4-9)27-13(17)18/h3-7,13H,8H2,1-2H3,(H,19,20). The molecule has 1 aromatic carbocycles. The zero-order chi connectivity index (χ0) is 20.3. The number of nitrogens with one attached hydrogen (secondary N) is 1. The molecule has 3 rings (SSSR count). The number of aromatic nitrogens is 4. The first-order chi connectivity index (χ1) is 13.3. The van der Waals surface area contributed by atoms with E-state index in [0.29, 0.717) is 43.3 Å². The molecule has 0 saturated carbocycles. The van der Waals surface area contributed by atoms with Crippen LogP contribution in [0.2, 0.25) is 0 Å². The highest BCUT2D eigenvalue weighted by molar-refractivity contribution is 8.00. The molecule has 0 aliphatic carbocycles. The molecule has 1 N–H and O–H groups in total. The molecule has 28 heavy (non-hydrogen) atoms. The summed E-state index contributed by atoms with van der Waals surface area (Å²) >= 11 is 3.16. The van der Waals surface area contributed by atoms with Crippen molar-refractivity contribution in [2.24, 2.45) is 14.1 Å². The van der Waals surface area contributed by atoms with Gasteiger partial charge in [0.1, 0.15) is 0 Å². The van der Waals surface area contributed by atoms with Gasteiger partial charge in [0.05, 0.1) is 0 Å². The maximum atomic E-state index is 12.3. The van der Waals surface area contributed by atoms with Crippen LogP contribution in [0.5, 0.6) is 0 Å². The van der Waals surface area contributed by atoms with E-state index >= 15 is 0 Å². The van der Waals surface area contributed by atoms with Gasteiger partial charge in [-0.25, -0.2) is 4.79 Å². The van der Waals surface area contributed by atoms with E-state index in [1.165, 1.54) is 40.8 Å². The minimum Gasteiger partial charge on any atom is -0.330 e. The first-order valence-corrected chi connectivity index (χ1v) is 10.6. The fraction of sp³-hybridized carbons (Fsp3) is 0.250. The third-order valence-corrected chi connectivity index (χ3v) is 6.43. The maximum absolute atomic E-state index is 12.3. The van der Waals surface area contributed by atoms with Crippen molar-refractivity contribution in [3.05, 3.63) is 56.9 Å². The average molecular weight is 444 g/mol. The summed E-state index contributed by atoms with van der Waals surface area (Å²) in [6, 6.07) is 8.01. The summed E-state index contributed by atoms with van der Waals surface area (Å²) in [6.07, 6.45) is 0. The molecule has 148 valence electrons. The van der Waals surface area contributed by atoms with Gasteiger partial charge in [-0.2, -0.15) is 8.78 Å². The number of hydrogen-bond donors (Lipinski definition) is 1. The summed E-state index contributed by atoms with van der Waals surface area (Å²) in [5.41, 5.74) is 0.568. The van der Waals surface area contributed by atoms with Crippen LogP contribution in [0.15, 0.2) is 49.2 Å². The Labute approximate surface area is 170 Å². The Bertz CT molecular complexity index is 1080. The molecule has 2 aromatic heterocycles. The molecule has 3 aromatic rings.